The summed E-state index contributed by atoms with van der Waals surface area (Å²) in [4.78, 5) is 37.9. The molecule has 0 fully saturated rings. The number of ether oxygens (including phenoxy) is 2. The summed E-state index contributed by atoms with van der Waals surface area (Å²) in [6.45, 7) is 4.18. The lowest BCUT2D eigenvalue weighted by molar-refractivity contribution is -0.870. The summed E-state index contributed by atoms with van der Waals surface area (Å²) in [6.07, 6.45) is 76.3. The van der Waals surface area contributed by atoms with Crippen LogP contribution in [-0.4, -0.2) is 70.0 Å². The number of likely N-dealkylation sites (N-methyl/N-ethyl adjacent to an activating group) is 1. The van der Waals surface area contributed by atoms with Crippen LogP contribution in [0.2, 0.25) is 0 Å². The Morgan fingerprint density at radius 3 is 1.09 bits per heavy atom. The zero-order valence-corrected chi connectivity index (χ0v) is 53.0. The first-order valence-electron chi connectivity index (χ1n) is 33.3. The molecule has 0 aliphatic carbocycles. The van der Waals surface area contributed by atoms with E-state index in [1.54, 1.807) is 0 Å². The minimum atomic E-state index is -4.63. The molecular formula is C68H128NO8P. The number of esters is 2. The maximum Gasteiger partial charge on any atom is 0.306 e. The number of hydrogen-bond acceptors (Lipinski definition) is 8. The van der Waals surface area contributed by atoms with E-state index in [2.05, 4.69) is 62.5 Å². The monoisotopic (exact) mass is 1120 g/mol. The van der Waals surface area contributed by atoms with Gasteiger partial charge in [-0.05, 0) is 51.4 Å². The van der Waals surface area contributed by atoms with Crippen molar-refractivity contribution in [2.45, 2.75) is 328 Å². The second kappa shape index (κ2) is 59.6. The van der Waals surface area contributed by atoms with Crippen molar-refractivity contribution in [1.29, 1.82) is 0 Å². The number of nitrogens with zero attached hydrogens (tertiary/aromatic N) is 1. The van der Waals surface area contributed by atoms with Gasteiger partial charge >= 0.3 is 11.9 Å². The molecule has 0 saturated heterocycles. The molecule has 2 unspecified atom stereocenters. The Morgan fingerprint density at radius 1 is 0.410 bits per heavy atom. The molecule has 458 valence electrons. The number of carbonyl (C=O) groups excluding carboxylic acids is 2. The summed E-state index contributed by atoms with van der Waals surface area (Å²) in [5, 5.41) is 0. The highest BCUT2D eigenvalue weighted by molar-refractivity contribution is 7.45. The Morgan fingerprint density at radius 2 is 0.731 bits per heavy atom. The van der Waals surface area contributed by atoms with E-state index in [1.807, 2.05) is 21.1 Å². The highest BCUT2D eigenvalue weighted by Crippen LogP contribution is 2.38. The second-order valence-electron chi connectivity index (χ2n) is 23.8. The fraction of sp³-hybridized carbons (Fsp3) is 0.853. The van der Waals surface area contributed by atoms with Crippen LogP contribution in [0, 0.1) is 0 Å². The van der Waals surface area contributed by atoms with Gasteiger partial charge < -0.3 is 27.9 Å². The van der Waals surface area contributed by atoms with Crippen LogP contribution in [-0.2, 0) is 32.7 Å². The molecule has 78 heavy (non-hydrogen) atoms. The van der Waals surface area contributed by atoms with E-state index in [9.17, 15) is 19.0 Å². The van der Waals surface area contributed by atoms with Gasteiger partial charge in [0.1, 0.15) is 19.8 Å². The molecule has 0 N–H and O–H groups in total. The van der Waals surface area contributed by atoms with E-state index < -0.39 is 26.5 Å². The molecule has 0 rings (SSSR count). The van der Waals surface area contributed by atoms with Crippen molar-refractivity contribution < 1.29 is 42.1 Å². The first-order valence-corrected chi connectivity index (χ1v) is 34.8. The standard InChI is InChI=1S/C68H128NO8P/c1-6-8-10-12-14-16-18-20-22-23-24-25-26-27-28-29-30-31-32-33-34-35-36-37-38-39-40-41-42-43-44-45-47-49-51-53-55-57-59-61-68(71)77-66(65-76-78(72,73)75-63-62-69(3,4)5)64-74-67(70)60-58-56-54-52-50-48-46-21-19-17-15-13-11-9-7-2/h8,10,14,16,20,22,24-25,66H,6-7,9,11-13,15,17-19,21,23,26-65H2,1-5H3/b10-8-,16-14-,22-20-,25-24-. The van der Waals surface area contributed by atoms with Crippen LogP contribution < -0.4 is 4.89 Å². The van der Waals surface area contributed by atoms with E-state index in [1.165, 1.54) is 231 Å². The van der Waals surface area contributed by atoms with Crippen molar-refractivity contribution in [3.63, 3.8) is 0 Å². The van der Waals surface area contributed by atoms with Gasteiger partial charge in [0.05, 0.1) is 27.7 Å². The van der Waals surface area contributed by atoms with E-state index in [0.717, 1.165) is 57.8 Å². The molecule has 0 radical (unpaired) electrons. The number of carbonyl (C=O) groups is 2. The normalized spacial score (nSPS) is 13.5. The van der Waals surface area contributed by atoms with Gasteiger partial charge in [-0.3, -0.25) is 14.2 Å². The summed E-state index contributed by atoms with van der Waals surface area (Å²) in [5.41, 5.74) is 0. The largest absolute Gasteiger partial charge is 0.756 e. The van der Waals surface area contributed by atoms with Gasteiger partial charge in [-0.1, -0.05) is 306 Å². The Labute approximate surface area is 484 Å². The van der Waals surface area contributed by atoms with Gasteiger partial charge in [-0.2, -0.15) is 0 Å². The van der Waals surface area contributed by atoms with Crippen molar-refractivity contribution in [3.8, 4) is 0 Å². The minimum Gasteiger partial charge on any atom is -0.756 e. The number of phosphoric ester groups is 1. The topological polar surface area (TPSA) is 111 Å². The van der Waals surface area contributed by atoms with Crippen LogP contribution in [0.1, 0.15) is 322 Å². The molecule has 0 heterocycles. The Balaban J connectivity index is 3.88. The van der Waals surface area contributed by atoms with Gasteiger partial charge in [0.15, 0.2) is 6.10 Å². The summed E-state index contributed by atoms with van der Waals surface area (Å²) < 4.78 is 34.2. The van der Waals surface area contributed by atoms with Crippen molar-refractivity contribution >= 4 is 19.8 Å². The summed E-state index contributed by atoms with van der Waals surface area (Å²) >= 11 is 0. The van der Waals surface area contributed by atoms with E-state index >= 15 is 0 Å². The molecular weight excluding hydrogens is 990 g/mol. The SMILES string of the molecule is CC/C=C\C/C=C\C/C=C\C/C=C\CCCCCCCCCCCCCCCCCCCCCCCCCCCCC(=O)OC(COC(=O)CCCCCCCCCCCCCCCCC)COP(=O)([O-])OCC[N+](C)(C)C. The number of unbranched alkanes of at least 4 members (excludes halogenated alkanes) is 40. The van der Waals surface area contributed by atoms with Crippen molar-refractivity contribution in [3.05, 3.63) is 48.6 Å². The fourth-order valence-corrected chi connectivity index (χ4v) is 10.5. The number of allylic oxidation sites excluding steroid dienone is 8. The maximum absolute atomic E-state index is 12.8. The van der Waals surface area contributed by atoms with Crippen LogP contribution in [0.3, 0.4) is 0 Å². The summed E-state index contributed by atoms with van der Waals surface area (Å²) in [7, 11) is 1.18. The first kappa shape index (κ1) is 76.0. The third-order valence-corrected chi connectivity index (χ3v) is 15.8. The van der Waals surface area contributed by atoms with Crippen LogP contribution in [0.5, 0.6) is 0 Å². The highest BCUT2D eigenvalue weighted by Gasteiger charge is 2.22. The highest BCUT2D eigenvalue weighted by atomic mass is 31.2. The molecule has 0 bridgehead atoms. The second-order valence-corrected chi connectivity index (χ2v) is 25.2. The van der Waals surface area contributed by atoms with Gasteiger partial charge in [-0.15, -0.1) is 0 Å². The van der Waals surface area contributed by atoms with E-state index in [4.69, 9.17) is 18.5 Å². The Kier molecular flexibility index (Phi) is 58.0. The Hall–Kier alpha value is -2.03. The van der Waals surface area contributed by atoms with Crippen molar-refractivity contribution in [1.82, 2.24) is 0 Å². The molecule has 0 spiro atoms. The molecule has 0 aliphatic rings. The zero-order chi connectivity index (χ0) is 57.0. The Bertz CT molecular complexity index is 1460. The predicted molar refractivity (Wildman–Crippen MR) is 333 cm³/mol. The molecule has 2 atom stereocenters. The van der Waals surface area contributed by atoms with E-state index in [-0.39, 0.29) is 32.0 Å². The van der Waals surface area contributed by atoms with Crippen LogP contribution in [0.25, 0.3) is 0 Å². The van der Waals surface area contributed by atoms with Crippen molar-refractivity contribution in [2.24, 2.45) is 0 Å². The number of phosphoric acid groups is 1. The third kappa shape index (κ3) is 63.2. The molecule has 0 saturated carbocycles. The lowest BCUT2D eigenvalue weighted by Crippen LogP contribution is -2.37. The molecule has 0 aromatic heterocycles. The molecule has 9 nitrogen and oxygen atoms in total. The lowest BCUT2D eigenvalue weighted by Gasteiger charge is -2.28. The average Bonchev–Trinajstić information content (AvgIpc) is 3.41. The molecule has 10 heteroatoms. The van der Waals surface area contributed by atoms with Crippen LogP contribution in [0.15, 0.2) is 48.6 Å². The van der Waals surface area contributed by atoms with Gasteiger partial charge in [0.25, 0.3) is 7.82 Å². The molecule has 0 amide bonds. The first-order chi connectivity index (χ1) is 38.0. The van der Waals surface area contributed by atoms with Crippen LogP contribution in [0.4, 0.5) is 0 Å². The van der Waals surface area contributed by atoms with Gasteiger partial charge in [-0.25, -0.2) is 0 Å². The maximum atomic E-state index is 12.8. The van der Waals surface area contributed by atoms with Gasteiger partial charge in [0.2, 0.25) is 0 Å². The quantitative estimate of drug-likeness (QED) is 0.0195. The smallest absolute Gasteiger partial charge is 0.306 e. The number of hydrogen-bond donors (Lipinski definition) is 0. The van der Waals surface area contributed by atoms with Crippen LogP contribution >= 0.6 is 7.82 Å². The van der Waals surface area contributed by atoms with Gasteiger partial charge in [0, 0.05) is 12.8 Å². The van der Waals surface area contributed by atoms with E-state index in [0.29, 0.717) is 17.4 Å². The zero-order valence-electron chi connectivity index (χ0n) is 52.1. The minimum absolute atomic E-state index is 0.0273. The third-order valence-electron chi connectivity index (χ3n) is 14.9. The number of quaternary nitrogens is 1. The predicted octanol–water partition coefficient (Wildman–Crippen LogP) is 20.6. The van der Waals surface area contributed by atoms with Crippen molar-refractivity contribution in [2.75, 3.05) is 47.5 Å². The fourth-order valence-electron chi connectivity index (χ4n) is 9.77. The summed E-state index contributed by atoms with van der Waals surface area (Å²) in [6, 6.07) is 0. The molecule has 0 aliphatic heterocycles. The average molecular weight is 1120 g/mol. The molecule has 0 aromatic carbocycles. The number of rotatable bonds is 62. The summed E-state index contributed by atoms with van der Waals surface area (Å²) in [5.74, 6) is -0.814. The lowest BCUT2D eigenvalue weighted by atomic mass is 10.0. The molecule has 0 aromatic rings.